The van der Waals surface area contributed by atoms with Crippen LogP contribution in [-0.4, -0.2) is 39.3 Å². The molecule has 0 aliphatic rings. The standard InChI is InChI=1S/C21H31N3O3/c1-4-6-13-23(20(25)9-5-2)17-21(26)24(16-19-11-8-14-27-19)15-18-10-7-12-22(18)3/h7-8,10-12,14H,4-6,9,13,15-17H2,1-3H3. The van der Waals surface area contributed by atoms with Crippen LogP contribution in [0.2, 0.25) is 0 Å². The van der Waals surface area contributed by atoms with E-state index in [0.717, 1.165) is 30.7 Å². The summed E-state index contributed by atoms with van der Waals surface area (Å²) in [5, 5.41) is 0. The number of unbranched alkanes of at least 4 members (excludes halogenated alkanes) is 1. The van der Waals surface area contributed by atoms with E-state index in [1.807, 2.05) is 49.0 Å². The Kier molecular flexibility index (Phi) is 8.17. The average molecular weight is 373 g/mol. The first kappa shape index (κ1) is 20.8. The summed E-state index contributed by atoms with van der Waals surface area (Å²) in [5.74, 6) is 0.724. The van der Waals surface area contributed by atoms with E-state index in [-0.39, 0.29) is 18.4 Å². The highest BCUT2D eigenvalue weighted by molar-refractivity contribution is 5.84. The number of carbonyl (C=O) groups is 2. The van der Waals surface area contributed by atoms with Crippen molar-refractivity contribution in [2.75, 3.05) is 13.1 Å². The minimum Gasteiger partial charge on any atom is -0.467 e. The molecule has 0 radical (unpaired) electrons. The van der Waals surface area contributed by atoms with Crippen molar-refractivity contribution in [2.45, 2.75) is 52.6 Å². The third kappa shape index (κ3) is 6.31. The number of nitrogens with zero attached hydrogens (tertiary/aromatic N) is 3. The molecule has 0 atom stereocenters. The summed E-state index contributed by atoms with van der Waals surface area (Å²) in [6.45, 7) is 5.68. The van der Waals surface area contributed by atoms with Gasteiger partial charge in [-0.1, -0.05) is 20.3 Å². The number of aromatic nitrogens is 1. The molecule has 6 nitrogen and oxygen atoms in total. The molecule has 0 N–H and O–H groups in total. The molecule has 0 fully saturated rings. The Morgan fingerprint density at radius 1 is 1.04 bits per heavy atom. The molecule has 2 rings (SSSR count). The number of furan rings is 1. The predicted octanol–water partition coefficient (Wildman–Crippen LogP) is 3.58. The zero-order chi connectivity index (χ0) is 19.6. The fourth-order valence-corrected chi connectivity index (χ4v) is 2.96. The molecule has 2 aromatic heterocycles. The zero-order valence-electron chi connectivity index (χ0n) is 16.7. The highest BCUT2D eigenvalue weighted by Gasteiger charge is 2.22. The smallest absolute Gasteiger partial charge is 0.242 e. The Morgan fingerprint density at radius 2 is 1.85 bits per heavy atom. The van der Waals surface area contributed by atoms with Gasteiger partial charge in [-0.3, -0.25) is 9.59 Å². The first-order valence-corrected chi connectivity index (χ1v) is 9.73. The normalized spacial score (nSPS) is 10.8. The molecule has 0 saturated heterocycles. The molecule has 2 aromatic rings. The summed E-state index contributed by atoms with van der Waals surface area (Å²) in [7, 11) is 1.96. The molecule has 0 aliphatic heterocycles. The second kappa shape index (κ2) is 10.6. The van der Waals surface area contributed by atoms with E-state index in [0.29, 0.717) is 26.1 Å². The molecule has 0 aliphatic carbocycles. The minimum atomic E-state index is -0.0619. The predicted molar refractivity (Wildman–Crippen MR) is 105 cm³/mol. The van der Waals surface area contributed by atoms with Crippen LogP contribution in [0.3, 0.4) is 0 Å². The Labute approximate surface area is 161 Å². The van der Waals surface area contributed by atoms with Gasteiger partial charge >= 0.3 is 0 Å². The molecule has 6 heteroatoms. The second-order valence-corrected chi connectivity index (χ2v) is 6.86. The van der Waals surface area contributed by atoms with Crippen LogP contribution in [0, 0.1) is 0 Å². The van der Waals surface area contributed by atoms with E-state index in [4.69, 9.17) is 4.42 Å². The van der Waals surface area contributed by atoms with Crippen LogP contribution >= 0.6 is 0 Å². The van der Waals surface area contributed by atoms with E-state index in [2.05, 4.69) is 6.92 Å². The van der Waals surface area contributed by atoms with Gasteiger partial charge in [-0.2, -0.15) is 0 Å². The highest BCUT2D eigenvalue weighted by atomic mass is 16.3. The molecule has 0 unspecified atom stereocenters. The lowest BCUT2D eigenvalue weighted by Gasteiger charge is -2.27. The topological polar surface area (TPSA) is 58.7 Å². The maximum Gasteiger partial charge on any atom is 0.242 e. The Morgan fingerprint density at radius 3 is 2.44 bits per heavy atom. The van der Waals surface area contributed by atoms with Gasteiger partial charge < -0.3 is 18.8 Å². The molecule has 2 amide bonds. The van der Waals surface area contributed by atoms with Gasteiger partial charge in [0.25, 0.3) is 0 Å². The Bertz CT molecular complexity index is 706. The number of rotatable bonds is 11. The largest absolute Gasteiger partial charge is 0.467 e. The van der Waals surface area contributed by atoms with Gasteiger partial charge in [0.2, 0.25) is 11.8 Å². The summed E-state index contributed by atoms with van der Waals surface area (Å²) < 4.78 is 7.44. The maximum absolute atomic E-state index is 13.1. The van der Waals surface area contributed by atoms with Gasteiger partial charge in [0.15, 0.2) is 0 Å². The molecule has 0 spiro atoms. The van der Waals surface area contributed by atoms with Crippen LogP contribution in [0.5, 0.6) is 0 Å². The number of carbonyl (C=O) groups excluding carboxylic acids is 2. The number of amides is 2. The quantitative estimate of drug-likeness (QED) is 0.605. The third-order valence-electron chi connectivity index (χ3n) is 4.61. The first-order chi connectivity index (χ1) is 13.0. The van der Waals surface area contributed by atoms with Gasteiger partial charge in [0, 0.05) is 31.9 Å². The Hall–Kier alpha value is -2.50. The first-order valence-electron chi connectivity index (χ1n) is 9.73. The molecule has 2 heterocycles. The molecular weight excluding hydrogens is 342 g/mol. The van der Waals surface area contributed by atoms with Crippen molar-refractivity contribution < 1.29 is 14.0 Å². The summed E-state index contributed by atoms with van der Waals surface area (Å²) >= 11 is 0. The molecule has 0 saturated carbocycles. The van der Waals surface area contributed by atoms with Crippen molar-refractivity contribution in [2.24, 2.45) is 7.05 Å². The van der Waals surface area contributed by atoms with E-state index in [1.165, 1.54) is 0 Å². The second-order valence-electron chi connectivity index (χ2n) is 6.86. The fraction of sp³-hybridized carbons (Fsp3) is 0.524. The van der Waals surface area contributed by atoms with Crippen LogP contribution in [0.4, 0.5) is 0 Å². The van der Waals surface area contributed by atoms with Gasteiger partial charge in [-0.05, 0) is 37.1 Å². The van der Waals surface area contributed by atoms with Crippen LogP contribution < -0.4 is 0 Å². The van der Waals surface area contributed by atoms with Gasteiger partial charge in [-0.25, -0.2) is 0 Å². The number of hydrogen-bond donors (Lipinski definition) is 0. The van der Waals surface area contributed by atoms with Gasteiger partial charge in [-0.15, -0.1) is 0 Å². The van der Waals surface area contributed by atoms with Crippen LogP contribution in [0.15, 0.2) is 41.1 Å². The van der Waals surface area contributed by atoms with Crippen LogP contribution in [0.1, 0.15) is 51.0 Å². The van der Waals surface area contributed by atoms with E-state index in [1.54, 1.807) is 16.1 Å². The summed E-state index contributed by atoms with van der Waals surface area (Å²) in [6.07, 6.45) is 6.73. The van der Waals surface area contributed by atoms with Gasteiger partial charge in [0.1, 0.15) is 5.76 Å². The van der Waals surface area contributed by atoms with Gasteiger partial charge in [0.05, 0.1) is 25.9 Å². The van der Waals surface area contributed by atoms with Crippen molar-refractivity contribution in [1.82, 2.24) is 14.4 Å². The lowest BCUT2D eigenvalue weighted by molar-refractivity contribution is -0.141. The van der Waals surface area contributed by atoms with E-state index >= 15 is 0 Å². The number of aryl methyl sites for hydroxylation is 1. The highest BCUT2D eigenvalue weighted by Crippen LogP contribution is 2.13. The lowest BCUT2D eigenvalue weighted by atomic mass is 10.2. The Balaban J connectivity index is 2.12. The van der Waals surface area contributed by atoms with Crippen LogP contribution in [-0.2, 0) is 29.7 Å². The van der Waals surface area contributed by atoms with E-state index < -0.39 is 0 Å². The van der Waals surface area contributed by atoms with Crippen molar-refractivity contribution in [3.8, 4) is 0 Å². The average Bonchev–Trinajstić information content (AvgIpc) is 3.30. The molecular formula is C21H31N3O3. The van der Waals surface area contributed by atoms with Crippen molar-refractivity contribution in [1.29, 1.82) is 0 Å². The summed E-state index contributed by atoms with van der Waals surface area (Å²) in [5.41, 5.74) is 1.04. The monoisotopic (exact) mass is 373 g/mol. The lowest BCUT2D eigenvalue weighted by Crippen LogP contribution is -2.43. The van der Waals surface area contributed by atoms with Crippen molar-refractivity contribution >= 4 is 11.8 Å². The van der Waals surface area contributed by atoms with E-state index in [9.17, 15) is 9.59 Å². The minimum absolute atomic E-state index is 0.0520. The molecule has 148 valence electrons. The third-order valence-corrected chi connectivity index (χ3v) is 4.61. The van der Waals surface area contributed by atoms with Crippen molar-refractivity contribution in [3.63, 3.8) is 0 Å². The van der Waals surface area contributed by atoms with Crippen molar-refractivity contribution in [3.05, 3.63) is 48.2 Å². The SMILES string of the molecule is CCCCN(CC(=O)N(Cc1ccco1)Cc1cccn1C)C(=O)CCC. The molecule has 0 bridgehead atoms. The summed E-state index contributed by atoms with van der Waals surface area (Å²) in [4.78, 5) is 29.0. The van der Waals surface area contributed by atoms with Crippen LogP contribution in [0.25, 0.3) is 0 Å². The fourth-order valence-electron chi connectivity index (χ4n) is 2.96. The molecule has 27 heavy (non-hydrogen) atoms. The maximum atomic E-state index is 13.1. The zero-order valence-corrected chi connectivity index (χ0v) is 16.7. The summed E-state index contributed by atoms with van der Waals surface area (Å²) in [6, 6.07) is 7.64. The number of hydrogen-bond acceptors (Lipinski definition) is 3. The molecule has 0 aromatic carbocycles.